The molecule has 0 saturated heterocycles. The van der Waals surface area contributed by atoms with Crippen LogP contribution in [-0.2, 0) is 0 Å². The molecule has 2 aliphatic rings. The first-order chi connectivity index (χ1) is 11.3. The van der Waals surface area contributed by atoms with Gasteiger partial charge in [0.05, 0.1) is 11.1 Å². The third-order valence-electron chi connectivity index (χ3n) is 3.73. The van der Waals surface area contributed by atoms with Gasteiger partial charge in [0, 0.05) is 5.39 Å². The zero-order chi connectivity index (χ0) is 15.4. The molecule has 0 bridgehead atoms. The largest absolute Gasteiger partial charge is 0.507 e. The highest BCUT2D eigenvalue weighted by molar-refractivity contribution is 5.94. The number of aromatic hydroxyl groups is 1. The van der Waals surface area contributed by atoms with E-state index in [2.05, 4.69) is 20.3 Å². The maximum Gasteiger partial charge on any atom is 0.346 e. The lowest BCUT2D eigenvalue weighted by atomic mass is 10.2. The average Bonchev–Trinajstić information content (AvgIpc) is 3.16. The Morgan fingerprint density at radius 1 is 0.957 bits per heavy atom. The number of hydrogen-bond acceptors (Lipinski definition) is 6. The Bertz CT molecular complexity index is 1140. The summed E-state index contributed by atoms with van der Waals surface area (Å²) in [6, 6.07) is 14.5. The Labute approximate surface area is 129 Å². The highest BCUT2D eigenvalue weighted by atomic mass is 16.4. The smallest absolute Gasteiger partial charge is 0.346 e. The molecule has 2 aromatic carbocycles. The third kappa shape index (κ3) is 1.64. The molecule has 0 aliphatic carbocycles. The van der Waals surface area contributed by atoms with Crippen molar-refractivity contribution in [3.05, 3.63) is 48.5 Å². The number of para-hydroxylation sites is 2. The van der Waals surface area contributed by atoms with Gasteiger partial charge < -0.3 is 9.52 Å². The van der Waals surface area contributed by atoms with Crippen LogP contribution in [-0.4, -0.2) is 29.9 Å². The second kappa shape index (κ2) is 4.26. The van der Waals surface area contributed by atoms with E-state index in [1.165, 1.54) is 4.52 Å². The topological polar surface area (TPSA) is 89.3 Å². The van der Waals surface area contributed by atoms with E-state index in [0.717, 1.165) is 10.9 Å². The van der Waals surface area contributed by atoms with E-state index in [1.54, 1.807) is 24.3 Å². The van der Waals surface area contributed by atoms with Gasteiger partial charge in [0.25, 0.3) is 5.89 Å². The fourth-order valence-corrected chi connectivity index (χ4v) is 2.65. The summed E-state index contributed by atoms with van der Waals surface area (Å²) in [7, 11) is 0. The molecule has 23 heavy (non-hydrogen) atoms. The molecular weight excluding hydrogens is 294 g/mol. The van der Waals surface area contributed by atoms with Crippen molar-refractivity contribution in [3.8, 4) is 28.7 Å². The van der Waals surface area contributed by atoms with Gasteiger partial charge >= 0.3 is 5.84 Å². The van der Waals surface area contributed by atoms with Gasteiger partial charge in [-0.3, -0.25) is 0 Å². The number of phenols is 1. The maximum absolute atomic E-state index is 9.96. The van der Waals surface area contributed by atoms with Gasteiger partial charge in [0.15, 0.2) is 5.82 Å². The van der Waals surface area contributed by atoms with E-state index >= 15 is 0 Å². The maximum atomic E-state index is 9.96. The van der Waals surface area contributed by atoms with Crippen molar-refractivity contribution in [1.29, 1.82) is 0 Å². The molecule has 0 unspecified atom stereocenters. The van der Waals surface area contributed by atoms with E-state index < -0.39 is 0 Å². The lowest BCUT2D eigenvalue weighted by molar-refractivity contribution is 0.474. The van der Waals surface area contributed by atoms with Gasteiger partial charge in [0.2, 0.25) is 0 Å². The van der Waals surface area contributed by atoms with Gasteiger partial charge in [-0.2, -0.15) is 4.52 Å². The molecule has 2 aliphatic heterocycles. The Morgan fingerprint density at radius 3 is 2.70 bits per heavy atom. The van der Waals surface area contributed by atoms with Gasteiger partial charge in [-0.15, -0.1) is 10.2 Å². The van der Waals surface area contributed by atoms with Crippen LogP contribution >= 0.6 is 0 Å². The minimum absolute atomic E-state index is 0.0875. The molecule has 0 radical (unpaired) electrons. The first-order valence-corrected chi connectivity index (χ1v) is 7.00. The SMILES string of the molecule is Oc1ccccc1-c1nn2c3nc4ccccc4c-3nnc2o1. The number of benzene rings is 2. The number of phenolic OH excluding ortho intramolecular Hbond substituents is 1. The summed E-state index contributed by atoms with van der Waals surface area (Å²) in [5, 5.41) is 23.5. The number of aromatic nitrogens is 5. The van der Waals surface area contributed by atoms with Crippen molar-refractivity contribution in [2.45, 2.75) is 0 Å². The van der Waals surface area contributed by atoms with Crippen LogP contribution < -0.4 is 0 Å². The van der Waals surface area contributed by atoms with E-state index in [-0.39, 0.29) is 17.5 Å². The Hall–Kier alpha value is -3.48. The molecular formula is C16H9N5O2. The monoisotopic (exact) mass is 303 g/mol. The van der Waals surface area contributed by atoms with Gasteiger partial charge in [-0.1, -0.05) is 35.4 Å². The lowest BCUT2D eigenvalue weighted by Gasteiger charge is -1.96. The van der Waals surface area contributed by atoms with E-state index in [4.69, 9.17) is 4.42 Å². The summed E-state index contributed by atoms with van der Waals surface area (Å²) in [6.45, 7) is 0. The fraction of sp³-hybridized carbons (Fsp3) is 0. The molecule has 3 heterocycles. The van der Waals surface area contributed by atoms with Gasteiger partial charge in [0.1, 0.15) is 11.4 Å². The molecule has 7 nitrogen and oxygen atoms in total. The standard InChI is InChI=1S/C16H9N5O2/c22-12-8-4-2-6-10(12)15-20-21-14-13(18-19-16(21)23-15)9-5-1-3-7-11(9)17-14/h1-8,22H. The molecule has 0 fully saturated rings. The van der Waals surface area contributed by atoms with E-state index in [0.29, 0.717) is 17.1 Å². The number of fused-ring (bicyclic) bond motifs is 5. The number of hydrogen-bond donors (Lipinski definition) is 1. The second-order valence-electron chi connectivity index (χ2n) is 5.12. The van der Waals surface area contributed by atoms with Crippen molar-refractivity contribution in [3.63, 3.8) is 0 Å². The highest BCUT2D eigenvalue weighted by Gasteiger charge is 2.21. The zero-order valence-electron chi connectivity index (χ0n) is 11.7. The Kier molecular flexibility index (Phi) is 2.24. The summed E-state index contributed by atoms with van der Waals surface area (Å²) in [5.74, 6) is 1.14. The highest BCUT2D eigenvalue weighted by Crippen LogP contribution is 2.32. The van der Waals surface area contributed by atoms with E-state index in [1.807, 2.05) is 24.3 Å². The summed E-state index contributed by atoms with van der Waals surface area (Å²) >= 11 is 0. The Balaban J connectivity index is 1.82. The van der Waals surface area contributed by atoms with Crippen LogP contribution in [0.3, 0.4) is 0 Å². The van der Waals surface area contributed by atoms with Crippen molar-refractivity contribution < 1.29 is 9.52 Å². The fourth-order valence-electron chi connectivity index (χ4n) is 2.65. The lowest BCUT2D eigenvalue weighted by Crippen LogP contribution is -2.00. The van der Waals surface area contributed by atoms with Crippen molar-refractivity contribution in [2.24, 2.45) is 0 Å². The molecule has 5 rings (SSSR count). The van der Waals surface area contributed by atoms with Crippen LogP contribution in [0.15, 0.2) is 52.9 Å². The Morgan fingerprint density at radius 2 is 1.78 bits per heavy atom. The second-order valence-corrected chi connectivity index (χ2v) is 5.12. The number of rotatable bonds is 1. The van der Waals surface area contributed by atoms with Crippen molar-refractivity contribution in [1.82, 2.24) is 24.8 Å². The van der Waals surface area contributed by atoms with Gasteiger partial charge in [-0.25, -0.2) is 4.98 Å². The first-order valence-electron chi connectivity index (χ1n) is 7.00. The quantitative estimate of drug-likeness (QED) is 0.512. The van der Waals surface area contributed by atoms with Crippen LogP contribution in [0.25, 0.3) is 39.7 Å². The third-order valence-corrected chi connectivity index (χ3v) is 3.73. The average molecular weight is 303 g/mol. The predicted molar refractivity (Wildman–Crippen MR) is 82.1 cm³/mol. The molecule has 110 valence electrons. The van der Waals surface area contributed by atoms with Crippen LogP contribution in [0.2, 0.25) is 0 Å². The minimum Gasteiger partial charge on any atom is -0.507 e. The van der Waals surface area contributed by atoms with Crippen molar-refractivity contribution >= 4 is 16.7 Å². The van der Waals surface area contributed by atoms with Crippen molar-refractivity contribution in [2.75, 3.05) is 0 Å². The van der Waals surface area contributed by atoms with Crippen LogP contribution in [0.1, 0.15) is 0 Å². The summed E-state index contributed by atoms with van der Waals surface area (Å²) in [5.41, 5.74) is 1.97. The van der Waals surface area contributed by atoms with Crippen LogP contribution in [0.5, 0.6) is 5.75 Å². The normalized spacial score (nSPS) is 11.7. The zero-order valence-corrected chi connectivity index (χ0v) is 11.7. The molecule has 7 heteroatoms. The summed E-state index contributed by atoms with van der Waals surface area (Å²) in [6.07, 6.45) is 0. The molecule has 1 aromatic heterocycles. The number of nitrogens with zero attached hydrogens (tertiary/aromatic N) is 5. The molecule has 3 aromatic rings. The summed E-state index contributed by atoms with van der Waals surface area (Å²) < 4.78 is 7.12. The van der Waals surface area contributed by atoms with Crippen LogP contribution in [0, 0.1) is 0 Å². The summed E-state index contributed by atoms with van der Waals surface area (Å²) in [4.78, 5) is 4.55. The predicted octanol–water partition coefficient (Wildman–Crippen LogP) is 2.74. The van der Waals surface area contributed by atoms with E-state index in [9.17, 15) is 5.11 Å². The molecule has 0 atom stereocenters. The minimum atomic E-state index is 0.0875. The molecule has 0 amide bonds. The molecule has 1 N–H and O–H groups in total. The first kappa shape index (κ1) is 12.1. The van der Waals surface area contributed by atoms with Gasteiger partial charge in [-0.05, 0) is 18.2 Å². The van der Waals surface area contributed by atoms with Crippen LogP contribution in [0.4, 0.5) is 0 Å². The molecule has 0 spiro atoms. The molecule has 0 saturated carbocycles.